The molecule has 0 spiro atoms. The number of anilines is 1. The average molecular weight is 691 g/mol. The number of aryl methyl sites for hydroxylation is 1. The number of amides is 1. The van der Waals surface area contributed by atoms with Crippen LogP contribution in [0.4, 0.5) is 5.69 Å². The van der Waals surface area contributed by atoms with E-state index < -0.39 is 0 Å². The molecule has 5 aromatic rings. The molecule has 5 rings (SSSR count). The van der Waals surface area contributed by atoms with Crippen molar-refractivity contribution < 1.29 is 15.0 Å². The maximum atomic E-state index is 13.2. The number of benzene rings is 3. The van der Waals surface area contributed by atoms with Crippen LogP contribution in [0.1, 0.15) is 93.5 Å². The minimum Gasteiger partial charge on any atom is -0.507 e. The van der Waals surface area contributed by atoms with Crippen molar-refractivity contribution in [3.8, 4) is 22.6 Å². The Bertz CT molecular complexity index is 1860. The van der Waals surface area contributed by atoms with Gasteiger partial charge in [-0.25, -0.2) is 0 Å². The molecule has 7 heteroatoms. The van der Waals surface area contributed by atoms with E-state index in [1.54, 1.807) is 30.6 Å². The van der Waals surface area contributed by atoms with Crippen LogP contribution in [0.2, 0.25) is 0 Å². The summed E-state index contributed by atoms with van der Waals surface area (Å²) < 4.78 is 2.50. The summed E-state index contributed by atoms with van der Waals surface area (Å²) in [6, 6.07) is 20.7. The quantitative estimate of drug-likeness (QED) is 0.102. The van der Waals surface area contributed by atoms with Crippen molar-refractivity contribution >= 4 is 22.5 Å². The topological polar surface area (TPSA) is 90.6 Å². The smallest absolute Gasteiger partial charge is 0.255 e. The number of pyridine rings is 1. The lowest BCUT2D eigenvalue weighted by molar-refractivity contribution is 0.102. The highest BCUT2D eigenvalue weighted by Gasteiger charge is 2.18. The number of hydrogen-bond acceptors (Lipinski definition) is 5. The molecule has 2 atom stereocenters. The van der Waals surface area contributed by atoms with Gasteiger partial charge in [0.05, 0.1) is 5.56 Å². The lowest BCUT2D eigenvalue weighted by atomic mass is 10.0. The molecule has 2 heterocycles. The van der Waals surface area contributed by atoms with Crippen molar-refractivity contribution in [3.63, 3.8) is 0 Å². The molecule has 3 aromatic carbocycles. The van der Waals surface area contributed by atoms with E-state index in [4.69, 9.17) is 0 Å². The summed E-state index contributed by atoms with van der Waals surface area (Å²) in [5.74, 6) is 0.736. The predicted octanol–water partition coefficient (Wildman–Crippen LogP) is 10.4. The Hall–Kier alpha value is -4.62. The number of fused-ring (bicyclic) bond motifs is 1. The van der Waals surface area contributed by atoms with Gasteiger partial charge in [0.15, 0.2) is 0 Å². The molecule has 0 radical (unpaired) electrons. The SMILES string of the molecule is CC.CCCN(CCC(C)CC)CC(C)Cn1c(C)c(C)c2cc(Cc3cccc(C(=O)Nc4cc(O)c(-c5ccncc5)c(O)c4)c3)ccc21. The maximum absolute atomic E-state index is 13.2. The van der Waals surface area contributed by atoms with Gasteiger partial charge in [-0.3, -0.25) is 9.78 Å². The molecule has 0 aliphatic rings. The molecule has 0 saturated carbocycles. The van der Waals surface area contributed by atoms with E-state index in [1.165, 1.54) is 65.7 Å². The highest BCUT2D eigenvalue weighted by Crippen LogP contribution is 2.39. The van der Waals surface area contributed by atoms with Crippen molar-refractivity contribution in [3.05, 3.63) is 107 Å². The molecule has 272 valence electrons. The summed E-state index contributed by atoms with van der Waals surface area (Å²) in [7, 11) is 0. The van der Waals surface area contributed by atoms with Gasteiger partial charge in [0.2, 0.25) is 0 Å². The van der Waals surface area contributed by atoms with Gasteiger partial charge < -0.3 is 25.0 Å². The summed E-state index contributed by atoms with van der Waals surface area (Å²) >= 11 is 0. The fourth-order valence-electron chi connectivity index (χ4n) is 6.83. The zero-order valence-corrected chi connectivity index (χ0v) is 32.0. The molecule has 3 N–H and O–H groups in total. The summed E-state index contributed by atoms with van der Waals surface area (Å²) in [4.78, 5) is 19.9. The normalized spacial score (nSPS) is 12.4. The summed E-state index contributed by atoms with van der Waals surface area (Å²) in [6.07, 6.45) is 7.57. The second kappa shape index (κ2) is 18.6. The van der Waals surface area contributed by atoms with Crippen LogP contribution >= 0.6 is 0 Å². The third kappa shape index (κ3) is 10.0. The van der Waals surface area contributed by atoms with E-state index in [2.05, 4.69) is 79.5 Å². The van der Waals surface area contributed by atoms with Gasteiger partial charge in [-0.05, 0) is 117 Å². The Labute approximate surface area is 305 Å². The number of hydrogen-bond donors (Lipinski definition) is 3. The first kappa shape index (κ1) is 39.2. The summed E-state index contributed by atoms with van der Waals surface area (Å²) in [5, 5.41) is 25.4. The molecular weight excluding hydrogens is 633 g/mol. The first-order valence-corrected chi connectivity index (χ1v) is 18.7. The number of aromatic nitrogens is 2. The number of nitrogens with zero attached hydrogens (tertiary/aromatic N) is 3. The van der Waals surface area contributed by atoms with Crippen LogP contribution in [0.25, 0.3) is 22.0 Å². The fourth-order valence-corrected chi connectivity index (χ4v) is 6.83. The van der Waals surface area contributed by atoms with Gasteiger partial charge >= 0.3 is 0 Å². The van der Waals surface area contributed by atoms with E-state index in [0.717, 1.165) is 31.1 Å². The standard InChI is InChI=1S/C42H52N4O3.C2H6/c1-7-19-45(20-16-28(3)8-2)26-29(4)27-46-31(6)30(5)37-23-33(12-13-38(37)46)21-32-10-9-11-35(22-32)42(49)44-36-24-39(47)41(40(48)25-36)34-14-17-43-18-15-34;1-2/h9-15,17-18,22-25,28-29,47-48H,7-8,16,19-21,26-27H2,1-6H3,(H,44,49);1-2H3. The van der Waals surface area contributed by atoms with Crippen molar-refractivity contribution in [2.75, 3.05) is 25.0 Å². The third-order valence-corrected chi connectivity index (χ3v) is 9.86. The van der Waals surface area contributed by atoms with E-state index >= 15 is 0 Å². The monoisotopic (exact) mass is 690 g/mol. The Balaban J connectivity index is 0.00000286. The van der Waals surface area contributed by atoms with Crippen LogP contribution in [0.5, 0.6) is 11.5 Å². The van der Waals surface area contributed by atoms with Crippen LogP contribution in [-0.2, 0) is 13.0 Å². The minimum atomic E-state index is -0.317. The van der Waals surface area contributed by atoms with Crippen LogP contribution in [0.3, 0.4) is 0 Å². The first-order valence-electron chi connectivity index (χ1n) is 18.7. The molecule has 0 bridgehead atoms. The third-order valence-electron chi connectivity index (χ3n) is 9.86. The Morgan fingerprint density at radius 3 is 2.24 bits per heavy atom. The molecule has 51 heavy (non-hydrogen) atoms. The summed E-state index contributed by atoms with van der Waals surface area (Å²) in [5.41, 5.74) is 7.88. The summed E-state index contributed by atoms with van der Waals surface area (Å²) in [6.45, 7) is 22.2. The Morgan fingerprint density at radius 1 is 0.882 bits per heavy atom. The molecule has 7 nitrogen and oxygen atoms in total. The van der Waals surface area contributed by atoms with E-state index in [9.17, 15) is 15.0 Å². The van der Waals surface area contributed by atoms with Crippen molar-refractivity contribution in [1.29, 1.82) is 0 Å². The van der Waals surface area contributed by atoms with Crippen molar-refractivity contribution in [2.24, 2.45) is 11.8 Å². The van der Waals surface area contributed by atoms with Gasteiger partial charge in [-0.1, -0.05) is 66.2 Å². The van der Waals surface area contributed by atoms with Crippen LogP contribution < -0.4 is 5.32 Å². The van der Waals surface area contributed by atoms with Gasteiger partial charge in [0, 0.05) is 65.5 Å². The Kier molecular flexibility index (Phi) is 14.3. The van der Waals surface area contributed by atoms with Crippen molar-refractivity contribution in [1.82, 2.24) is 14.5 Å². The van der Waals surface area contributed by atoms with Crippen LogP contribution in [0, 0.1) is 25.7 Å². The molecule has 0 fully saturated rings. The predicted molar refractivity (Wildman–Crippen MR) is 213 cm³/mol. The zero-order chi connectivity index (χ0) is 37.1. The zero-order valence-electron chi connectivity index (χ0n) is 32.0. The first-order chi connectivity index (χ1) is 24.6. The number of rotatable bonds is 15. The number of nitrogens with one attached hydrogen (secondary N) is 1. The van der Waals surface area contributed by atoms with Gasteiger partial charge in [0.25, 0.3) is 5.91 Å². The number of carbonyl (C=O) groups is 1. The van der Waals surface area contributed by atoms with Gasteiger partial charge in [0.1, 0.15) is 11.5 Å². The number of phenols is 2. The van der Waals surface area contributed by atoms with E-state index in [0.29, 0.717) is 34.7 Å². The lowest BCUT2D eigenvalue weighted by Crippen LogP contribution is -2.32. The van der Waals surface area contributed by atoms with Crippen LogP contribution in [0.15, 0.2) is 79.1 Å². The molecule has 0 saturated heterocycles. The fraction of sp³-hybridized carbons (Fsp3) is 0.409. The number of aromatic hydroxyl groups is 2. The molecule has 2 aromatic heterocycles. The molecule has 0 aliphatic heterocycles. The van der Waals surface area contributed by atoms with Gasteiger partial charge in [-0.2, -0.15) is 0 Å². The largest absolute Gasteiger partial charge is 0.507 e. The molecular formula is C44H58N4O3. The van der Waals surface area contributed by atoms with E-state index in [-0.39, 0.29) is 17.4 Å². The number of carbonyl (C=O) groups excluding carboxylic acids is 1. The second-order valence-corrected chi connectivity index (χ2v) is 13.8. The lowest BCUT2D eigenvalue weighted by Gasteiger charge is -2.27. The maximum Gasteiger partial charge on any atom is 0.255 e. The van der Waals surface area contributed by atoms with Crippen molar-refractivity contribution in [2.45, 2.75) is 87.6 Å². The Morgan fingerprint density at radius 2 is 1.57 bits per heavy atom. The van der Waals surface area contributed by atoms with E-state index in [1.807, 2.05) is 32.0 Å². The van der Waals surface area contributed by atoms with Gasteiger partial charge in [-0.15, -0.1) is 0 Å². The molecule has 0 aliphatic carbocycles. The minimum absolute atomic E-state index is 0.130. The number of phenolic OH excluding ortho intramolecular Hbond substituents is 2. The second-order valence-electron chi connectivity index (χ2n) is 13.8. The highest BCUT2D eigenvalue weighted by molar-refractivity contribution is 6.05. The average Bonchev–Trinajstić information content (AvgIpc) is 3.35. The molecule has 2 unspecified atom stereocenters. The van der Waals surface area contributed by atoms with Crippen LogP contribution in [-0.4, -0.2) is 50.2 Å². The highest BCUT2D eigenvalue weighted by atomic mass is 16.3. The molecule has 1 amide bonds.